The maximum Gasteiger partial charge on any atom is 0.184 e. The molecule has 0 aromatic rings. The van der Waals surface area contributed by atoms with Crippen molar-refractivity contribution in [2.45, 2.75) is 63.6 Å². The van der Waals surface area contributed by atoms with Crippen LogP contribution in [0.5, 0.6) is 0 Å². The number of ether oxygens (including phenoxy) is 2. The molecule has 1 saturated heterocycles. The van der Waals surface area contributed by atoms with Crippen molar-refractivity contribution < 1.29 is 13.9 Å². The van der Waals surface area contributed by atoms with E-state index in [0.29, 0.717) is 13.2 Å². The highest BCUT2D eigenvalue weighted by atomic mass is 28.4. The average Bonchev–Trinajstić information content (AvgIpc) is 2.22. The van der Waals surface area contributed by atoms with Crippen LogP contribution in [-0.2, 0) is 13.9 Å². The third-order valence-corrected chi connectivity index (χ3v) is 4.24. The van der Waals surface area contributed by atoms with Crippen LogP contribution < -0.4 is 0 Å². The van der Waals surface area contributed by atoms with Gasteiger partial charge in [-0.3, -0.25) is 0 Å². The second kappa shape index (κ2) is 4.76. The minimum atomic E-state index is -1.47. The zero-order valence-corrected chi connectivity index (χ0v) is 11.8. The largest absolute Gasteiger partial charge is 0.410 e. The van der Waals surface area contributed by atoms with Crippen LogP contribution in [0, 0.1) is 0 Å². The first-order valence-electron chi connectivity index (χ1n) is 6.45. The lowest BCUT2D eigenvalue weighted by atomic mass is 9.93. The molecule has 0 amide bonds. The zero-order chi connectivity index (χ0) is 11.6. The summed E-state index contributed by atoms with van der Waals surface area (Å²) in [7, 11) is -1.47. The zero-order valence-electron chi connectivity index (χ0n) is 10.8. The fraction of sp³-hybridized carbons (Fsp3) is 1.00. The van der Waals surface area contributed by atoms with Crippen LogP contribution in [0.25, 0.3) is 0 Å². The van der Waals surface area contributed by atoms with E-state index in [2.05, 4.69) is 19.6 Å². The molecule has 2 rings (SSSR count). The summed E-state index contributed by atoms with van der Waals surface area (Å²) in [6.45, 7) is 8.04. The topological polar surface area (TPSA) is 27.7 Å². The summed E-state index contributed by atoms with van der Waals surface area (Å²) in [6.07, 6.45) is 6.07. The first kappa shape index (κ1) is 12.6. The summed E-state index contributed by atoms with van der Waals surface area (Å²) < 4.78 is 17.9. The number of hydrogen-bond donors (Lipinski definition) is 0. The Bertz CT molecular complexity index is 221. The summed E-state index contributed by atoms with van der Waals surface area (Å²) in [5.41, 5.74) is 0. The van der Waals surface area contributed by atoms with Crippen molar-refractivity contribution in [2.24, 2.45) is 0 Å². The summed E-state index contributed by atoms with van der Waals surface area (Å²) in [5.74, 6) is -0.252. The number of rotatable bonds is 2. The standard InChI is InChI=1S/C12H24O3Si/c1-16(2,3)15-11-9-13-12(14-10-11)7-5-4-6-8-12/h11H,4-10H2,1-3H3. The van der Waals surface area contributed by atoms with Gasteiger partial charge < -0.3 is 13.9 Å². The molecule has 1 spiro atoms. The molecule has 0 bridgehead atoms. The van der Waals surface area contributed by atoms with Gasteiger partial charge in [-0.25, -0.2) is 0 Å². The van der Waals surface area contributed by atoms with Crippen LogP contribution in [0.1, 0.15) is 32.1 Å². The molecule has 1 aliphatic carbocycles. The van der Waals surface area contributed by atoms with Gasteiger partial charge >= 0.3 is 0 Å². The van der Waals surface area contributed by atoms with Crippen molar-refractivity contribution in [1.82, 2.24) is 0 Å². The fourth-order valence-corrected chi connectivity index (χ4v) is 3.66. The minimum Gasteiger partial charge on any atom is -0.410 e. The molecule has 16 heavy (non-hydrogen) atoms. The summed E-state index contributed by atoms with van der Waals surface area (Å²) >= 11 is 0. The summed E-state index contributed by atoms with van der Waals surface area (Å²) in [5, 5.41) is 0. The van der Waals surface area contributed by atoms with Crippen LogP contribution in [0.2, 0.25) is 19.6 Å². The van der Waals surface area contributed by atoms with Crippen molar-refractivity contribution >= 4 is 8.32 Å². The molecule has 1 aliphatic heterocycles. The molecule has 1 heterocycles. The molecule has 0 aromatic heterocycles. The average molecular weight is 244 g/mol. The van der Waals surface area contributed by atoms with Crippen LogP contribution in [0.15, 0.2) is 0 Å². The molecule has 0 atom stereocenters. The first-order chi connectivity index (χ1) is 7.49. The van der Waals surface area contributed by atoms with Gasteiger partial charge in [0.2, 0.25) is 0 Å². The molecule has 0 unspecified atom stereocenters. The van der Waals surface area contributed by atoms with E-state index >= 15 is 0 Å². The summed E-state index contributed by atoms with van der Waals surface area (Å²) in [4.78, 5) is 0. The van der Waals surface area contributed by atoms with Crippen molar-refractivity contribution in [1.29, 1.82) is 0 Å². The molecule has 2 fully saturated rings. The second-order valence-electron chi connectivity index (χ2n) is 5.95. The second-order valence-corrected chi connectivity index (χ2v) is 10.4. The highest BCUT2D eigenvalue weighted by Crippen LogP contribution is 2.35. The van der Waals surface area contributed by atoms with Crippen LogP contribution in [-0.4, -0.2) is 33.4 Å². The summed E-state index contributed by atoms with van der Waals surface area (Å²) in [6, 6.07) is 0. The Morgan fingerprint density at radius 2 is 1.56 bits per heavy atom. The highest BCUT2D eigenvalue weighted by Gasteiger charge is 2.39. The first-order valence-corrected chi connectivity index (χ1v) is 9.86. The lowest BCUT2D eigenvalue weighted by molar-refractivity contribution is -0.301. The van der Waals surface area contributed by atoms with E-state index in [-0.39, 0.29) is 11.9 Å². The van der Waals surface area contributed by atoms with E-state index in [9.17, 15) is 0 Å². The highest BCUT2D eigenvalue weighted by molar-refractivity contribution is 6.69. The van der Waals surface area contributed by atoms with Gasteiger partial charge in [0.05, 0.1) is 19.3 Å². The molecule has 0 aromatic carbocycles. The molecular formula is C12H24O3Si. The molecule has 94 valence electrons. The van der Waals surface area contributed by atoms with Crippen LogP contribution in [0.4, 0.5) is 0 Å². The van der Waals surface area contributed by atoms with Gasteiger partial charge in [0, 0.05) is 12.8 Å². The lowest BCUT2D eigenvalue weighted by Crippen LogP contribution is -2.50. The van der Waals surface area contributed by atoms with E-state index in [0.717, 1.165) is 12.8 Å². The van der Waals surface area contributed by atoms with Crippen molar-refractivity contribution in [2.75, 3.05) is 13.2 Å². The maximum atomic E-state index is 6.00. The maximum absolute atomic E-state index is 6.00. The Hall–Kier alpha value is 0.0969. The van der Waals surface area contributed by atoms with Gasteiger partial charge in [0.25, 0.3) is 0 Å². The molecule has 4 heteroatoms. The minimum absolute atomic E-state index is 0.152. The van der Waals surface area contributed by atoms with E-state index in [1.165, 1.54) is 19.3 Å². The molecule has 3 nitrogen and oxygen atoms in total. The molecule has 0 radical (unpaired) electrons. The van der Waals surface area contributed by atoms with Gasteiger partial charge in [0.15, 0.2) is 14.1 Å². The third kappa shape index (κ3) is 3.29. The van der Waals surface area contributed by atoms with Crippen LogP contribution in [0.3, 0.4) is 0 Å². The molecular weight excluding hydrogens is 220 g/mol. The van der Waals surface area contributed by atoms with Gasteiger partial charge in [-0.1, -0.05) is 6.42 Å². The van der Waals surface area contributed by atoms with Crippen molar-refractivity contribution in [3.8, 4) is 0 Å². The van der Waals surface area contributed by atoms with E-state index in [4.69, 9.17) is 13.9 Å². The van der Waals surface area contributed by atoms with Gasteiger partial charge in [-0.05, 0) is 32.5 Å². The predicted molar refractivity (Wildman–Crippen MR) is 65.9 cm³/mol. The Morgan fingerprint density at radius 1 is 1.00 bits per heavy atom. The quantitative estimate of drug-likeness (QED) is 0.699. The number of hydrogen-bond acceptors (Lipinski definition) is 3. The monoisotopic (exact) mass is 244 g/mol. The van der Waals surface area contributed by atoms with E-state index < -0.39 is 8.32 Å². The van der Waals surface area contributed by atoms with Crippen molar-refractivity contribution in [3.05, 3.63) is 0 Å². The molecule has 0 N–H and O–H groups in total. The Labute approximate surface area is 99.6 Å². The molecule has 2 aliphatic rings. The fourth-order valence-electron chi connectivity index (χ4n) is 2.53. The Balaban J connectivity index is 1.82. The lowest BCUT2D eigenvalue weighted by Gasteiger charge is -2.43. The Kier molecular flexibility index (Phi) is 3.74. The third-order valence-electron chi connectivity index (χ3n) is 3.20. The van der Waals surface area contributed by atoms with Gasteiger partial charge in [-0.15, -0.1) is 0 Å². The Morgan fingerprint density at radius 3 is 2.06 bits per heavy atom. The van der Waals surface area contributed by atoms with E-state index in [1.54, 1.807) is 0 Å². The van der Waals surface area contributed by atoms with E-state index in [1.807, 2.05) is 0 Å². The smallest absolute Gasteiger partial charge is 0.184 e. The molecule has 1 saturated carbocycles. The van der Waals surface area contributed by atoms with Gasteiger partial charge in [-0.2, -0.15) is 0 Å². The van der Waals surface area contributed by atoms with Gasteiger partial charge in [0.1, 0.15) is 0 Å². The predicted octanol–water partition coefficient (Wildman–Crippen LogP) is 2.91. The SMILES string of the molecule is C[Si](C)(C)OC1COC2(CCCCC2)OC1. The van der Waals surface area contributed by atoms with Crippen molar-refractivity contribution in [3.63, 3.8) is 0 Å². The normalized spacial score (nSPS) is 27.2. The van der Waals surface area contributed by atoms with Crippen LogP contribution >= 0.6 is 0 Å².